The number of amides is 3. The summed E-state index contributed by atoms with van der Waals surface area (Å²) in [5, 5.41) is 25.3. The van der Waals surface area contributed by atoms with E-state index in [0.29, 0.717) is 0 Å². The van der Waals surface area contributed by atoms with E-state index in [1.807, 2.05) is 0 Å². The normalized spacial score (nSPS) is 15.6. The number of hydrogen-bond acceptors (Lipinski definition) is 7. The summed E-state index contributed by atoms with van der Waals surface area (Å²) in [7, 11) is 0. The summed E-state index contributed by atoms with van der Waals surface area (Å²) < 4.78 is 0. The predicted molar refractivity (Wildman–Crippen MR) is 102 cm³/mol. The second-order valence-corrected chi connectivity index (χ2v) is 7.20. The monoisotopic (exact) mass is 406 g/mol. The molecule has 0 bridgehead atoms. The summed E-state index contributed by atoms with van der Waals surface area (Å²) in [6.45, 7) is 6.19. The molecule has 0 aliphatic carbocycles. The van der Waals surface area contributed by atoms with Crippen LogP contribution in [0.1, 0.15) is 27.7 Å². The molecule has 0 heterocycles. The zero-order valence-electron chi connectivity index (χ0n) is 15.9. The lowest BCUT2D eigenvalue weighted by Gasteiger charge is -2.28. The van der Waals surface area contributed by atoms with E-state index in [4.69, 9.17) is 15.9 Å². The van der Waals surface area contributed by atoms with Crippen molar-refractivity contribution in [2.75, 3.05) is 12.4 Å². The van der Waals surface area contributed by atoms with E-state index >= 15 is 0 Å². The van der Waals surface area contributed by atoms with Crippen LogP contribution < -0.4 is 21.7 Å². The first-order valence-corrected chi connectivity index (χ1v) is 9.20. The molecule has 0 rings (SSSR count). The first-order chi connectivity index (χ1) is 12.5. The molecule has 156 valence electrons. The van der Waals surface area contributed by atoms with Gasteiger partial charge in [0.25, 0.3) is 0 Å². The largest absolute Gasteiger partial charge is 0.480 e. The van der Waals surface area contributed by atoms with Crippen molar-refractivity contribution in [1.82, 2.24) is 16.0 Å². The third kappa shape index (κ3) is 8.14. The highest BCUT2D eigenvalue weighted by atomic mass is 32.1. The molecule has 27 heavy (non-hydrogen) atoms. The zero-order valence-corrected chi connectivity index (χ0v) is 16.8. The van der Waals surface area contributed by atoms with Gasteiger partial charge >= 0.3 is 5.97 Å². The number of carbonyl (C=O) groups excluding carboxylic acids is 3. The molecule has 10 nitrogen and oxygen atoms in total. The highest BCUT2D eigenvalue weighted by molar-refractivity contribution is 7.80. The van der Waals surface area contributed by atoms with Crippen LogP contribution in [0.25, 0.3) is 0 Å². The van der Waals surface area contributed by atoms with Gasteiger partial charge in [-0.2, -0.15) is 12.6 Å². The lowest BCUT2D eigenvalue weighted by Crippen LogP contribution is -2.60. The molecule has 0 aromatic heterocycles. The number of nitrogens with two attached hydrogens (primary N) is 1. The number of aliphatic carboxylic acids is 1. The molecule has 7 N–H and O–H groups in total. The van der Waals surface area contributed by atoms with Crippen LogP contribution in [0, 0.1) is 11.8 Å². The maximum atomic E-state index is 12.6. The van der Waals surface area contributed by atoms with Crippen molar-refractivity contribution in [2.24, 2.45) is 17.6 Å². The van der Waals surface area contributed by atoms with Gasteiger partial charge in [-0.15, -0.1) is 0 Å². The van der Waals surface area contributed by atoms with Gasteiger partial charge in [0.1, 0.15) is 24.2 Å². The van der Waals surface area contributed by atoms with E-state index in [-0.39, 0.29) is 17.6 Å². The Morgan fingerprint density at radius 3 is 1.63 bits per heavy atom. The summed E-state index contributed by atoms with van der Waals surface area (Å²) in [6.07, 6.45) is 0. The van der Waals surface area contributed by atoms with Crippen LogP contribution in [0.15, 0.2) is 0 Å². The van der Waals surface area contributed by atoms with E-state index in [1.165, 1.54) is 0 Å². The minimum Gasteiger partial charge on any atom is -0.480 e. The molecular formula is C16H30N4O6S. The number of nitrogens with one attached hydrogen (secondary N) is 3. The molecule has 4 atom stereocenters. The van der Waals surface area contributed by atoms with E-state index in [1.54, 1.807) is 27.7 Å². The Bertz CT molecular complexity index is 543. The van der Waals surface area contributed by atoms with Gasteiger partial charge in [-0.05, 0) is 11.8 Å². The molecule has 0 spiro atoms. The molecule has 0 aromatic carbocycles. The lowest BCUT2D eigenvalue weighted by molar-refractivity contribution is -0.142. The molecule has 0 aromatic rings. The van der Waals surface area contributed by atoms with Gasteiger partial charge < -0.3 is 31.9 Å². The third-order valence-electron chi connectivity index (χ3n) is 3.82. The number of hydrogen-bond donors (Lipinski definition) is 7. The summed E-state index contributed by atoms with van der Waals surface area (Å²) in [4.78, 5) is 47.9. The van der Waals surface area contributed by atoms with Crippen LogP contribution in [-0.2, 0) is 19.2 Å². The van der Waals surface area contributed by atoms with Crippen LogP contribution in [-0.4, -0.2) is 70.4 Å². The van der Waals surface area contributed by atoms with Crippen LogP contribution in [0.5, 0.6) is 0 Å². The van der Waals surface area contributed by atoms with Crippen molar-refractivity contribution in [3.05, 3.63) is 0 Å². The summed E-state index contributed by atoms with van der Waals surface area (Å²) in [5.74, 6) is -3.98. The molecular weight excluding hydrogens is 376 g/mol. The molecule has 3 amide bonds. The SMILES string of the molecule is CC(C)C(NC(=O)C(N)CO)C(=O)NC(C(=O)NC(CS)C(=O)O)C(C)C. The van der Waals surface area contributed by atoms with Gasteiger partial charge in [0, 0.05) is 5.75 Å². The van der Waals surface area contributed by atoms with E-state index in [0.717, 1.165) is 0 Å². The highest BCUT2D eigenvalue weighted by Crippen LogP contribution is 2.07. The smallest absolute Gasteiger partial charge is 0.327 e. The van der Waals surface area contributed by atoms with Gasteiger partial charge in [0.15, 0.2) is 0 Å². The Hall–Kier alpha value is -1.85. The highest BCUT2D eigenvalue weighted by Gasteiger charge is 2.32. The first-order valence-electron chi connectivity index (χ1n) is 8.57. The van der Waals surface area contributed by atoms with Crippen molar-refractivity contribution in [2.45, 2.75) is 51.9 Å². The van der Waals surface area contributed by atoms with Crippen LogP contribution in [0.2, 0.25) is 0 Å². The maximum absolute atomic E-state index is 12.6. The van der Waals surface area contributed by atoms with Gasteiger partial charge in [-0.1, -0.05) is 27.7 Å². The Morgan fingerprint density at radius 1 is 0.889 bits per heavy atom. The average Bonchev–Trinajstić information content (AvgIpc) is 2.59. The third-order valence-corrected chi connectivity index (χ3v) is 4.19. The fourth-order valence-electron chi connectivity index (χ4n) is 2.10. The van der Waals surface area contributed by atoms with E-state index in [9.17, 15) is 19.2 Å². The maximum Gasteiger partial charge on any atom is 0.327 e. The second-order valence-electron chi connectivity index (χ2n) is 6.83. The van der Waals surface area contributed by atoms with Gasteiger partial charge in [0.05, 0.1) is 6.61 Å². The molecule has 0 aliphatic rings. The fourth-order valence-corrected chi connectivity index (χ4v) is 2.35. The molecule has 0 fully saturated rings. The number of carboxylic acid groups (broad SMARTS) is 1. The summed E-state index contributed by atoms with van der Waals surface area (Å²) >= 11 is 3.88. The standard InChI is InChI=1S/C16H30N4O6S/c1-7(2)11(14(23)18-10(6-27)16(25)26)20-15(24)12(8(3)4)19-13(22)9(17)5-21/h7-12,21,27H,5-6,17H2,1-4H3,(H,18,23)(H,19,22)(H,20,24)(H,25,26). The molecule has 0 saturated carbocycles. The molecule has 11 heteroatoms. The summed E-state index contributed by atoms with van der Waals surface area (Å²) in [5.41, 5.74) is 5.44. The Labute approximate surface area is 164 Å². The molecule has 0 saturated heterocycles. The number of rotatable bonds is 11. The average molecular weight is 407 g/mol. The molecule has 0 radical (unpaired) electrons. The van der Waals surface area contributed by atoms with Crippen LogP contribution in [0.3, 0.4) is 0 Å². The van der Waals surface area contributed by atoms with Gasteiger partial charge in [0.2, 0.25) is 17.7 Å². The number of carbonyl (C=O) groups is 4. The van der Waals surface area contributed by atoms with Crippen molar-refractivity contribution < 1.29 is 29.4 Å². The number of aliphatic hydroxyl groups excluding tert-OH is 1. The van der Waals surface area contributed by atoms with Crippen molar-refractivity contribution in [3.8, 4) is 0 Å². The minimum absolute atomic E-state index is 0.108. The van der Waals surface area contributed by atoms with Crippen LogP contribution in [0.4, 0.5) is 0 Å². The topological polar surface area (TPSA) is 171 Å². The number of thiol groups is 1. The predicted octanol–water partition coefficient (Wildman–Crippen LogP) is -1.91. The summed E-state index contributed by atoms with van der Waals surface area (Å²) in [6, 6.07) is -4.36. The van der Waals surface area contributed by atoms with Crippen molar-refractivity contribution >= 4 is 36.3 Å². The lowest BCUT2D eigenvalue weighted by atomic mass is 9.99. The van der Waals surface area contributed by atoms with Crippen molar-refractivity contribution in [3.63, 3.8) is 0 Å². The first kappa shape index (κ1) is 25.1. The number of aliphatic hydroxyl groups is 1. The van der Waals surface area contributed by atoms with Crippen molar-refractivity contribution in [1.29, 1.82) is 0 Å². The van der Waals surface area contributed by atoms with Gasteiger partial charge in [-0.25, -0.2) is 4.79 Å². The Kier molecular flexibility index (Phi) is 11.0. The van der Waals surface area contributed by atoms with E-state index in [2.05, 4.69) is 28.6 Å². The van der Waals surface area contributed by atoms with Gasteiger partial charge in [-0.3, -0.25) is 14.4 Å². The Morgan fingerprint density at radius 2 is 1.30 bits per heavy atom. The second kappa shape index (κ2) is 11.8. The molecule has 4 unspecified atom stereocenters. The Balaban J connectivity index is 5.24. The molecule has 0 aliphatic heterocycles. The van der Waals surface area contributed by atoms with E-state index < -0.39 is 54.5 Å². The number of carboxylic acids is 1. The minimum atomic E-state index is -1.24. The zero-order chi connectivity index (χ0) is 21.3. The quantitative estimate of drug-likeness (QED) is 0.196. The fraction of sp³-hybridized carbons (Fsp3) is 0.750. The van der Waals surface area contributed by atoms with Crippen LogP contribution >= 0.6 is 12.6 Å².